The second-order valence-electron chi connectivity index (χ2n) is 5.66. The van der Waals surface area contributed by atoms with Gasteiger partial charge in [-0.15, -0.1) is 11.3 Å². The quantitative estimate of drug-likeness (QED) is 0.638. The lowest BCUT2D eigenvalue weighted by atomic mass is 9.84. The molecule has 0 spiro atoms. The lowest BCUT2D eigenvalue weighted by molar-refractivity contribution is 0.443. The average molecular weight is 282 g/mol. The van der Waals surface area contributed by atoms with Crippen molar-refractivity contribution in [3.05, 3.63) is 47.6 Å². The molecule has 0 N–H and O–H groups in total. The van der Waals surface area contributed by atoms with E-state index in [1.54, 1.807) is 11.3 Å². The van der Waals surface area contributed by atoms with Crippen LogP contribution in [-0.2, 0) is 0 Å². The SMILES string of the molecule is c1cn2c(-c3ccc(C4CCCCC4)cc3)csc2n1. The topological polar surface area (TPSA) is 17.3 Å². The Kier molecular flexibility index (Phi) is 3.07. The molecule has 1 fully saturated rings. The maximum atomic E-state index is 4.34. The number of thiazole rings is 1. The molecule has 0 bridgehead atoms. The highest BCUT2D eigenvalue weighted by Crippen LogP contribution is 2.34. The van der Waals surface area contributed by atoms with Gasteiger partial charge in [-0.2, -0.15) is 0 Å². The van der Waals surface area contributed by atoms with Crippen molar-refractivity contribution >= 4 is 16.3 Å². The fourth-order valence-corrected chi connectivity index (χ4v) is 4.16. The van der Waals surface area contributed by atoms with Crippen molar-refractivity contribution in [2.75, 3.05) is 0 Å². The summed E-state index contributed by atoms with van der Waals surface area (Å²) in [5.41, 5.74) is 4.05. The molecule has 2 heterocycles. The van der Waals surface area contributed by atoms with Crippen LogP contribution in [0.1, 0.15) is 43.6 Å². The van der Waals surface area contributed by atoms with Gasteiger partial charge in [0.05, 0.1) is 5.69 Å². The van der Waals surface area contributed by atoms with Gasteiger partial charge < -0.3 is 0 Å². The highest BCUT2D eigenvalue weighted by Gasteiger charge is 2.15. The molecule has 1 aromatic carbocycles. The molecule has 3 aromatic rings. The normalized spacial score (nSPS) is 16.8. The minimum absolute atomic E-state index is 0.786. The minimum Gasteiger partial charge on any atom is -0.290 e. The monoisotopic (exact) mass is 282 g/mol. The van der Waals surface area contributed by atoms with Crippen molar-refractivity contribution in [3.8, 4) is 11.3 Å². The van der Waals surface area contributed by atoms with Gasteiger partial charge in [-0.25, -0.2) is 4.98 Å². The number of nitrogens with zero attached hydrogens (tertiary/aromatic N) is 2. The number of imidazole rings is 1. The van der Waals surface area contributed by atoms with Crippen LogP contribution in [0, 0.1) is 0 Å². The predicted molar refractivity (Wildman–Crippen MR) is 84.3 cm³/mol. The molecule has 0 radical (unpaired) electrons. The molecule has 20 heavy (non-hydrogen) atoms. The summed E-state index contributed by atoms with van der Waals surface area (Å²) in [5.74, 6) is 0.786. The first-order valence-corrected chi connectivity index (χ1v) is 8.31. The number of fused-ring (bicyclic) bond motifs is 1. The molecule has 0 atom stereocenters. The lowest BCUT2D eigenvalue weighted by Gasteiger charge is -2.22. The first-order chi connectivity index (χ1) is 9.92. The third-order valence-corrected chi connectivity index (χ3v) is 5.28. The van der Waals surface area contributed by atoms with Gasteiger partial charge in [0.1, 0.15) is 0 Å². The van der Waals surface area contributed by atoms with Crippen molar-refractivity contribution in [2.45, 2.75) is 38.0 Å². The third kappa shape index (κ3) is 2.06. The van der Waals surface area contributed by atoms with E-state index in [0.29, 0.717) is 0 Å². The standard InChI is InChI=1S/C17H18N2S/c1-2-4-13(5-3-1)14-6-8-15(9-7-14)16-12-20-17-18-10-11-19(16)17/h6-13H,1-5H2. The van der Waals surface area contributed by atoms with Crippen molar-refractivity contribution in [2.24, 2.45) is 0 Å². The Hall–Kier alpha value is -1.61. The molecule has 1 aliphatic carbocycles. The molecule has 3 heteroatoms. The second-order valence-corrected chi connectivity index (χ2v) is 6.49. The van der Waals surface area contributed by atoms with Gasteiger partial charge in [-0.3, -0.25) is 4.40 Å². The van der Waals surface area contributed by atoms with Gasteiger partial charge in [0.25, 0.3) is 0 Å². The summed E-state index contributed by atoms with van der Waals surface area (Å²) >= 11 is 1.70. The molecule has 2 aromatic heterocycles. The van der Waals surface area contributed by atoms with Crippen LogP contribution in [0.5, 0.6) is 0 Å². The molecule has 2 nitrogen and oxygen atoms in total. The van der Waals surface area contributed by atoms with Crippen LogP contribution in [0.25, 0.3) is 16.2 Å². The summed E-state index contributed by atoms with van der Waals surface area (Å²) < 4.78 is 2.17. The van der Waals surface area contributed by atoms with E-state index in [1.807, 2.05) is 12.4 Å². The zero-order chi connectivity index (χ0) is 13.4. The first kappa shape index (κ1) is 12.2. The van der Waals surface area contributed by atoms with Crippen molar-refractivity contribution < 1.29 is 0 Å². The van der Waals surface area contributed by atoms with Crippen LogP contribution in [0.4, 0.5) is 0 Å². The molecule has 0 saturated heterocycles. The van der Waals surface area contributed by atoms with E-state index in [0.717, 1.165) is 10.9 Å². The summed E-state index contributed by atoms with van der Waals surface area (Å²) in [6.45, 7) is 0. The van der Waals surface area contributed by atoms with Crippen LogP contribution in [0.15, 0.2) is 42.0 Å². The van der Waals surface area contributed by atoms with Crippen LogP contribution in [0.3, 0.4) is 0 Å². The van der Waals surface area contributed by atoms with E-state index in [9.17, 15) is 0 Å². The average Bonchev–Trinajstić information content (AvgIpc) is 3.11. The van der Waals surface area contributed by atoms with Crippen LogP contribution >= 0.6 is 11.3 Å². The van der Waals surface area contributed by atoms with Gasteiger partial charge >= 0.3 is 0 Å². The van der Waals surface area contributed by atoms with Gasteiger partial charge in [0.2, 0.25) is 0 Å². The summed E-state index contributed by atoms with van der Waals surface area (Å²) in [4.78, 5) is 5.40. The Morgan fingerprint density at radius 1 is 1.05 bits per heavy atom. The summed E-state index contributed by atoms with van der Waals surface area (Å²) in [6.07, 6.45) is 10.8. The Morgan fingerprint density at radius 2 is 1.85 bits per heavy atom. The highest BCUT2D eigenvalue weighted by atomic mass is 32.1. The molecular formula is C17H18N2S. The van der Waals surface area contributed by atoms with Crippen molar-refractivity contribution in [1.29, 1.82) is 0 Å². The fourth-order valence-electron chi connectivity index (χ4n) is 3.29. The molecule has 102 valence electrons. The van der Waals surface area contributed by atoms with E-state index in [-0.39, 0.29) is 0 Å². The molecule has 0 amide bonds. The number of hydrogen-bond donors (Lipinski definition) is 0. The van der Waals surface area contributed by atoms with Gasteiger partial charge in [-0.05, 0) is 29.9 Å². The van der Waals surface area contributed by atoms with Gasteiger partial charge in [0, 0.05) is 17.8 Å². The summed E-state index contributed by atoms with van der Waals surface area (Å²) in [5, 5.41) is 2.19. The molecular weight excluding hydrogens is 264 g/mol. The maximum Gasteiger partial charge on any atom is 0.194 e. The highest BCUT2D eigenvalue weighted by molar-refractivity contribution is 7.15. The molecule has 1 aliphatic rings. The van der Waals surface area contributed by atoms with Gasteiger partial charge in [0.15, 0.2) is 4.96 Å². The number of benzene rings is 1. The second kappa shape index (κ2) is 5.06. The van der Waals surface area contributed by atoms with E-state index in [1.165, 1.54) is 48.9 Å². The number of hydrogen-bond acceptors (Lipinski definition) is 2. The largest absolute Gasteiger partial charge is 0.290 e. The Balaban J connectivity index is 1.65. The van der Waals surface area contributed by atoms with Gasteiger partial charge in [-0.1, -0.05) is 43.5 Å². The predicted octanol–water partition coefficient (Wildman–Crippen LogP) is 5.11. The Morgan fingerprint density at radius 3 is 2.65 bits per heavy atom. The number of rotatable bonds is 2. The van der Waals surface area contributed by atoms with E-state index in [4.69, 9.17) is 0 Å². The summed E-state index contributed by atoms with van der Waals surface area (Å²) in [6, 6.07) is 9.19. The van der Waals surface area contributed by atoms with Crippen LogP contribution < -0.4 is 0 Å². The zero-order valence-corrected chi connectivity index (χ0v) is 12.3. The minimum atomic E-state index is 0.786. The Labute approximate surface area is 123 Å². The summed E-state index contributed by atoms with van der Waals surface area (Å²) in [7, 11) is 0. The van der Waals surface area contributed by atoms with E-state index in [2.05, 4.69) is 39.0 Å². The Bertz CT molecular complexity index is 702. The van der Waals surface area contributed by atoms with Crippen LogP contribution in [-0.4, -0.2) is 9.38 Å². The smallest absolute Gasteiger partial charge is 0.194 e. The van der Waals surface area contributed by atoms with Crippen LogP contribution in [0.2, 0.25) is 0 Å². The van der Waals surface area contributed by atoms with Crippen molar-refractivity contribution in [1.82, 2.24) is 9.38 Å². The molecule has 0 unspecified atom stereocenters. The van der Waals surface area contributed by atoms with E-state index >= 15 is 0 Å². The lowest BCUT2D eigenvalue weighted by Crippen LogP contribution is -2.04. The maximum absolute atomic E-state index is 4.34. The first-order valence-electron chi connectivity index (χ1n) is 7.43. The number of aromatic nitrogens is 2. The molecule has 1 saturated carbocycles. The van der Waals surface area contributed by atoms with Crippen molar-refractivity contribution in [3.63, 3.8) is 0 Å². The molecule has 0 aliphatic heterocycles. The molecule has 4 rings (SSSR count). The fraction of sp³-hybridized carbons (Fsp3) is 0.353. The zero-order valence-electron chi connectivity index (χ0n) is 11.5. The third-order valence-electron chi connectivity index (χ3n) is 4.43. The van der Waals surface area contributed by atoms with E-state index < -0.39 is 0 Å².